The number of carbonyl (C=O) groups excluding carboxylic acids is 2. The molecule has 0 heterocycles. The highest BCUT2D eigenvalue weighted by atomic mass is 16.5. The van der Waals surface area contributed by atoms with Crippen LogP contribution in [0, 0.1) is 11.3 Å². The van der Waals surface area contributed by atoms with Gasteiger partial charge in [-0.15, -0.1) is 0 Å². The molecule has 7 nitrogen and oxygen atoms in total. The molecule has 0 radical (unpaired) electrons. The second kappa shape index (κ2) is 20.2. The zero-order valence-corrected chi connectivity index (χ0v) is 13.2. The summed E-state index contributed by atoms with van der Waals surface area (Å²) in [4.78, 5) is 29.2. The number of rotatable bonds is 6. The molecule has 21 heavy (non-hydrogen) atoms. The standard InChI is InChI=1S/C6H9NO2.C6H12O2.C2H4O2/c1-2-3-4-9-6(8)5-7;1-3-4-5-8-6(2)7;1-2(3)4/h2-4H2,1H3;3-5H2,1-2H3;1H3,(H,3,4). The molecular weight excluding hydrogens is 278 g/mol. The highest BCUT2D eigenvalue weighted by molar-refractivity contribution is 5.85. The van der Waals surface area contributed by atoms with Gasteiger partial charge in [0.1, 0.15) is 0 Å². The molecular formula is C14H25NO6. The van der Waals surface area contributed by atoms with Gasteiger partial charge in [-0.1, -0.05) is 26.7 Å². The molecule has 0 aromatic rings. The van der Waals surface area contributed by atoms with Crippen molar-refractivity contribution < 1.29 is 29.0 Å². The molecule has 0 saturated carbocycles. The fraction of sp³-hybridized carbons (Fsp3) is 0.714. The average molecular weight is 303 g/mol. The minimum atomic E-state index is -0.833. The number of ether oxygens (including phenoxy) is 2. The molecule has 0 bridgehead atoms. The Bertz CT molecular complexity index is 318. The number of nitrogens with zero attached hydrogens (tertiary/aromatic N) is 1. The molecule has 0 aliphatic heterocycles. The molecule has 7 heteroatoms. The fourth-order valence-electron chi connectivity index (χ4n) is 0.702. The van der Waals surface area contributed by atoms with E-state index in [9.17, 15) is 9.59 Å². The third-order valence-corrected chi connectivity index (χ3v) is 1.63. The highest BCUT2D eigenvalue weighted by Gasteiger charge is 1.95. The largest absolute Gasteiger partial charge is 0.481 e. The number of nitriles is 1. The van der Waals surface area contributed by atoms with Gasteiger partial charge in [-0.05, 0) is 12.8 Å². The molecule has 0 unspecified atom stereocenters. The summed E-state index contributed by atoms with van der Waals surface area (Å²) in [5.41, 5.74) is 0. The SMILES string of the molecule is CC(=O)O.CCCCOC(=O)C#N.CCCCOC(C)=O. The Balaban J connectivity index is -0.000000249. The smallest absolute Gasteiger partial charge is 0.411 e. The van der Waals surface area contributed by atoms with Gasteiger partial charge in [-0.2, -0.15) is 5.26 Å². The first-order valence-corrected chi connectivity index (χ1v) is 6.71. The maximum absolute atomic E-state index is 10.1. The Morgan fingerprint density at radius 1 is 1.00 bits per heavy atom. The normalized spacial score (nSPS) is 7.95. The van der Waals surface area contributed by atoms with Crippen LogP contribution < -0.4 is 0 Å². The van der Waals surface area contributed by atoms with Gasteiger partial charge >= 0.3 is 11.9 Å². The van der Waals surface area contributed by atoms with E-state index in [-0.39, 0.29) is 5.97 Å². The van der Waals surface area contributed by atoms with Gasteiger partial charge in [0.15, 0.2) is 6.07 Å². The van der Waals surface area contributed by atoms with Crippen LogP contribution in [0.3, 0.4) is 0 Å². The number of esters is 2. The van der Waals surface area contributed by atoms with Crippen molar-refractivity contribution in [3.63, 3.8) is 0 Å². The third-order valence-electron chi connectivity index (χ3n) is 1.63. The number of unbranched alkanes of at least 4 members (excludes halogenated alkanes) is 2. The molecule has 0 aromatic heterocycles. The van der Waals surface area contributed by atoms with Gasteiger partial charge in [-0.3, -0.25) is 9.59 Å². The van der Waals surface area contributed by atoms with Gasteiger partial charge in [0.05, 0.1) is 13.2 Å². The molecule has 0 saturated heterocycles. The fourth-order valence-corrected chi connectivity index (χ4v) is 0.702. The minimum absolute atomic E-state index is 0.182. The minimum Gasteiger partial charge on any atom is -0.481 e. The number of aliphatic carboxylic acids is 1. The molecule has 1 N–H and O–H groups in total. The van der Waals surface area contributed by atoms with Crippen molar-refractivity contribution in [2.75, 3.05) is 13.2 Å². The van der Waals surface area contributed by atoms with Crippen LogP contribution in [0.5, 0.6) is 0 Å². The molecule has 0 spiro atoms. The van der Waals surface area contributed by atoms with Gasteiger partial charge in [0, 0.05) is 13.8 Å². The average Bonchev–Trinajstić information content (AvgIpc) is 2.39. The van der Waals surface area contributed by atoms with Crippen LogP contribution in [0.1, 0.15) is 53.4 Å². The van der Waals surface area contributed by atoms with Gasteiger partial charge in [-0.25, -0.2) is 4.79 Å². The topological polar surface area (TPSA) is 114 Å². The van der Waals surface area contributed by atoms with Crippen molar-refractivity contribution in [3.8, 4) is 6.07 Å². The van der Waals surface area contributed by atoms with Crippen molar-refractivity contribution in [2.45, 2.75) is 53.4 Å². The van der Waals surface area contributed by atoms with Crippen LogP contribution in [0.25, 0.3) is 0 Å². The summed E-state index contributed by atoms with van der Waals surface area (Å²) in [7, 11) is 0. The highest BCUT2D eigenvalue weighted by Crippen LogP contribution is 1.87. The number of carbonyl (C=O) groups is 3. The Labute approximate surface area is 125 Å². The molecule has 122 valence electrons. The van der Waals surface area contributed by atoms with Crippen molar-refractivity contribution in [2.24, 2.45) is 0 Å². The van der Waals surface area contributed by atoms with Crippen LogP contribution in [-0.2, 0) is 23.9 Å². The van der Waals surface area contributed by atoms with E-state index in [1.54, 1.807) is 0 Å². The third kappa shape index (κ3) is 46.2. The number of hydrogen-bond donors (Lipinski definition) is 1. The maximum atomic E-state index is 10.1. The number of carboxylic acids is 1. The second-order valence-corrected chi connectivity index (χ2v) is 3.81. The zero-order chi connectivity index (χ0) is 17.1. The number of hydrogen-bond acceptors (Lipinski definition) is 6. The van der Waals surface area contributed by atoms with Crippen molar-refractivity contribution in [1.82, 2.24) is 0 Å². The Morgan fingerprint density at radius 2 is 1.38 bits per heavy atom. The molecule has 0 rings (SSSR count). The van der Waals surface area contributed by atoms with E-state index < -0.39 is 11.9 Å². The summed E-state index contributed by atoms with van der Waals surface area (Å²) >= 11 is 0. The monoisotopic (exact) mass is 303 g/mol. The summed E-state index contributed by atoms with van der Waals surface area (Å²) in [6, 6.07) is 1.36. The number of carboxylic acid groups (broad SMARTS) is 1. The molecule has 0 fully saturated rings. The van der Waals surface area contributed by atoms with Crippen molar-refractivity contribution in [3.05, 3.63) is 0 Å². The predicted molar refractivity (Wildman–Crippen MR) is 76.3 cm³/mol. The maximum Gasteiger partial charge on any atom is 0.411 e. The van der Waals surface area contributed by atoms with E-state index in [1.807, 2.05) is 6.92 Å². The van der Waals surface area contributed by atoms with Crippen molar-refractivity contribution in [1.29, 1.82) is 5.26 Å². The van der Waals surface area contributed by atoms with Gasteiger partial charge < -0.3 is 14.6 Å². The summed E-state index contributed by atoms with van der Waals surface area (Å²) < 4.78 is 9.07. The van der Waals surface area contributed by atoms with E-state index >= 15 is 0 Å². The first-order chi connectivity index (χ1) is 9.81. The quantitative estimate of drug-likeness (QED) is 0.455. The first kappa shape index (κ1) is 24.0. The first-order valence-electron chi connectivity index (χ1n) is 6.71. The summed E-state index contributed by atoms with van der Waals surface area (Å²) in [5, 5.41) is 15.3. The Morgan fingerprint density at radius 3 is 1.67 bits per heavy atom. The molecule has 0 aliphatic rings. The van der Waals surface area contributed by atoms with Crippen molar-refractivity contribution >= 4 is 17.9 Å². The van der Waals surface area contributed by atoms with Gasteiger partial charge in [0.25, 0.3) is 5.97 Å². The van der Waals surface area contributed by atoms with Crippen LogP contribution in [0.4, 0.5) is 0 Å². The zero-order valence-electron chi connectivity index (χ0n) is 13.2. The Kier molecular flexibility index (Phi) is 23.1. The van der Waals surface area contributed by atoms with E-state index in [0.717, 1.165) is 32.6 Å². The summed E-state index contributed by atoms with van der Waals surface area (Å²) in [5.74, 6) is -1.80. The van der Waals surface area contributed by atoms with Crippen LogP contribution >= 0.6 is 0 Å². The van der Waals surface area contributed by atoms with E-state index in [1.165, 1.54) is 13.0 Å². The molecule has 0 aromatic carbocycles. The molecule has 0 atom stereocenters. The van der Waals surface area contributed by atoms with Gasteiger partial charge in [0.2, 0.25) is 0 Å². The van der Waals surface area contributed by atoms with Crippen LogP contribution in [0.2, 0.25) is 0 Å². The lowest BCUT2D eigenvalue weighted by Gasteiger charge is -1.96. The lowest BCUT2D eigenvalue weighted by molar-refractivity contribution is -0.141. The lowest BCUT2D eigenvalue weighted by atomic mass is 10.4. The molecule has 0 amide bonds. The second-order valence-electron chi connectivity index (χ2n) is 3.81. The van der Waals surface area contributed by atoms with Crippen LogP contribution in [0.15, 0.2) is 0 Å². The Hall–Kier alpha value is -2.10. The predicted octanol–water partition coefficient (Wildman–Crippen LogP) is 2.29. The van der Waals surface area contributed by atoms with Crippen LogP contribution in [-0.4, -0.2) is 36.2 Å². The van der Waals surface area contributed by atoms with E-state index in [4.69, 9.17) is 15.2 Å². The van der Waals surface area contributed by atoms with E-state index in [0.29, 0.717) is 13.2 Å². The van der Waals surface area contributed by atoms with E-state index in [2.05, 4.69) is 16.4 Å². The molecule has 0 aliphatic carbocycles. The lowest BCUT2D eigenvalue weighted by Crippen LogP contribution is -2.01. The summed E-state index contributed by atoms with van der Waals surface area (Å²) in [6.45, 7) is 7.49. The summed E-state index contributed by atoms with van der Waals surface area (Å²) in [6.07, 6.45) is 3.85.